The lowest BCUT2D eigenvalue weighted by Crippen LogP contribution is -2.36. The van der Waals surface area contributed by atoms with Gasteiger partial charge in [-0.1, -0.05) is 0 Å². The summed E-state index contributed by atoms with van der Waals surface area (Å²) in [7, 11) is 0. The first-order valence-corrected chi connectivity index (χ1v) is 7.98. The summed E-state index contributed by atoms with van der Waals surface area (Å²) in [5.41, 5.74) is 3.62. The van der Waals surface area contributed by atoms with Crippen LogP contribution in [0.2, 0.25) is 0 Å². The lowest BCUT2D eigenvalue weighted by atomic mass is 10.1. The average Bonchev–Trinajstić information content (AvgIpc) is 2.58. The number of rotatable bonds is 5. The number of pyridine rings is 1. The molecule has 0 amide bonds. The Morgan fingerprint density at radius 2 is 2.21 bits per heavy atom. The van der Waals surface area contributed by atoms with Crippen molar-refractivity contribution in [3.8, 4) is 6.07 Å². The molecule has 8 nitrogen and oxygen atoms in total. The Kier molecular flexibility index (Phi) is 5.61. The Labute approximate surface area is 148 Å². The molecule has 0 spiro atoms. The summed E-state index contributed by atoms with van der Waals surface area (Å²) >= 11 is 10.4. The van der Waals surface area contributed by atoms with E-state index in [0.717, 1.165) is 4.68 Å². The van der Waals surface area contributed by atoms with E-state index in [1.807, 2.05) is 13.0 Å². The highest BCUT2D eigenvalue weighted by Crippen LogP contribution is 2.16. The van der Waals surface area contributed by atoms with E-state index < -0.39 is 11.7 Å². The van der Waals surface area contributed by atoms with Crippen LogP contribution in [0.15, 0.2) is 16.9 Å². The van der Waals surface area contributed by atoms with Gasteiger partial charge in [0.2, 0.25) is 4.77 Å². The van der Waals surface area contributed by atoms with Crippen LogP contribution < -0.4 is 11.1 Å². The van der Waals surface area contributed by atoms with Gasteiger partial charge in [0.15, 0.2) is 4.77 Å². The fourth-order valence-corrected chi connectivity index (χ4v) is 2.90. The second-order valence-electron chi connectivity index (χ2n) is 4.95. The molecular formula is C14H16N6O2S2. The second-order valence-corrected chi connectivity index (χ2v) is 5.71. The molecule has 0 fully saturated rings. The first-order chi connectivity index (χ1) is 11.4. The highest BCUT2D eigenvalue weighted by atomic mass is 32.1. The maximum atomic E-state index is 12.1. The third-order valence-corrected chi connectivity index (χ3v) is 4.12. The molecule has 0 aliphatic carbocycles. The molecule has 0 aromatic carbocycles. The van der Waals surface area contributed by atoms with Crippen LogP contribution in [0, 0.1) is 20.9 Å². The lowest BCUT2D eigenvalue weighted by molar-refractivity contribution is 0.276. The number of nitrogens with zero attached hydrogens (tertiary/aromatic N) is 4. The van der Waals surface area contributed by atoms with Crippen molar-refractivity contribution < 1.29 is 5.11 Å². The minimum atomic E-state index is -0.502. The summed E-state index contributed by atoms with van der Waals surface area (Å²) in [6.45, 7) is 3.86. The fourth-order valence-electron chi connectivity index (χ4n) is 2.19. The molecule has 2 rings (SSSR count). The molecule has 0 saturated heterocycles. The van der Waals surface area contributed by atoms with Gasteiger partial charge in [0.1, 0.15) is 6.07 Å². The molecule has 1 unspecified atom stereocenters. The summed E-state index contributed by atoms with van der Waals surface area (Å²) in [6.07, 6.45) is 0. The summed E-state index contributed by atoms with van der Waals surface area (Å²) < 4.78 is 3.22. The van der Waals surface area contributed by atoms with Crippen LogP contribution in [0.4, 0.5) is 0 Å². The van der Waals surface area contributed by atoms with Crippen molar-refractivity contribution in [2.75, 3.05) is 5.43 Å². The number of aliphatic hydroxyl groups excluding tert-OH is 1. The average molecular weight is 364 g/mol. The van der Waals surface area contributed by atoms with Crippen LogP contribution in [0.5, 0.6) is 0 Å². The van der Waals surface area contributed by atoms with Gasteiger partial charge in [0, 0.05) is 6.54 Å². The number of hydrogen-bond acceptors (Lipinski definition) is 7. The van der Waals surface area contributed by atoms with Gasteiger partial charge in [0.05, 0.1) is 29.6 Å². The summed E-state index contributed by atoms with van der Waals surface area (Å²) in [6, 6.07) is 4.70. The van der Waals surface area contributed by atoms with Gasteiger partial charge in [-0.25, -0.2) is 4.79 Å². The number of nitriles is 1. The molecule has 10 heteroatoms. The number of H-pyrrole nitrogens is 1. The van der Waals surface area contributed by atoms with E-state index in [9.17, 15) is 15.2 Å². The van der Waals surface area contributed by atoms with Crippen LogP contribution in [0.1, 0.15) is 36.8 Å². The Bertz CT molecular complexity index is 969. The van der Waals surface area contributed by atoms with Crippen LogP contribution in [0.25, 0.3) is 0 Å². The number of hydrogen-bond donors (Lipinski definition) is 3. The zero-order valence-electron chi connectivity index (χ0n) is 13.1. The molecule has 2 aromatic rings. The van der Waals surface area contributed by atoms with Crippen molar-refractivity contribution in [2.24, 2.45) is 0 Å². The van der Waals surface area contributed by atoms with Gasteiger partial charge in [-0.15, -0.1) is 0 Å². The molecule has 2 heterocycles. The smallest absolute Gasteiger partial charge is 0.348 e. The van der Waals surface area contributed by atoms with E-state index in [0.29, 0.717) is 23.5 Å². The van der Waals surface area contributed by atoms with Gasteiger partial charge in [-0.3, -0.25) is 14.5 Å². The first-order valence-electron chi connectivity index (χ1n) is 7.16. The van der Waals surface area contributed by atoms with Crippen molar-refractivity contribution in [1.82, 2.24) is 19.2 Å². The maximum Gasteiger partial charge on any atom is 0.348 e. The second kappa shape index (κ2) is 7.48. The molecule has 0 aliphatic rings. The molecular weight excluding hydrogens is 348 g/mol. The molecule has 0 bridgehead atoms. The van der Waals surface area contributed by atoms with Crippen molar-refractivity contribution in [3.05, 3.63) is 49.1 Å². The first kappa shape index (κ1) is 18.0. The van der Waals surface area contributed by atoms with Crippen molar-refractivity contribution >= 4 is 24.4 Å². The van der Waals surface area contributed by atoms with Gasteiger partial charge in [-0.2, -0.15) is 9.94 Å². The standard InChI is InChI=1S/C14H16N6O2S2/c1-3-19-13(23)17-12(22)20(14(19)24)18-8(2)11-9(6-15)4-5-10(7-21)16-11/h4-5,8,18,21H,3,7H2,1-2H3,(H,17,22,23). The number of aromatic amines is 1. The summed E-state index contributed by atoms with van der Waals surface area (Å²) in [5, 5.41) is 18.5. The number of aromatic nitrogens is 4. The quantitative estimate of drug-likeness (QED) is 0.690. The number of nitrogens with one attached hydrogen (secondary N) is 2. The third kappa shape index (κ3) is 3.43. The molecule has 126 valence electrons. The normalized spacial score (nSPS) is 11.8. The molecule has 2 aromatic heterocycles. The number of aliphatic hydroxyl groups is 1. The summed E-state index contributed by atoms with van der Waals surface area (Å²) in [4.78, 5) is 18.9. The Balaban J connectivity index is 2.50. The van der Waals surface area contributed by atoms with E-state index >= 15 is 0 Å². The molecule has 0 saturated carbocycles. The fraction of sp³-hybridized carbons (Fsp3) is 0.357. The van der Waals surface area contributed by atoms with Crippen LogP contribution in [0.3, 0.4) is 0 Å². The topological polar surface area (TPSA) is 112 Å². The minimum Gasteiger partial charge on any atom is -0.390 e. The van der Waals surface area contributed by atoms with Crippen LogP contribution in [-0.4, -0.2) is 24.3 Å². The highest BCUT2D eigenvalue weighted by molar-refractivity contribution is 7.71. The van der Waals surface area contributed by atoms with Crippen LogP contribution in [-0.2, 0) is 13.2 Å². The lowest BCUT2D eigenvalue weighted by Gasteiger charge is -2.19. The SMILES string of the molecule is CCn1c(=S)[nH]c(=O)n(NC(C)c2nc(CO)ccc2C#N)c1=S. The van der Waals surface area contributed by atoms with E-state index in [2.05, 4.69) is 15.4 Å². The van der Waals surface area contributed by atoms with Gasteiger partial charge < -0.3 is 10.5 Å². The predicted molar refractivity (Wildman–Crippen MR) is 93.0 cm³/mol. The molecule has 24 heavy (non-hydrogen) atoms. The Morgan fingerprint density at radius 3 is 2.79 bits per heavy atom. The molecule has 0 aliphatic heterocycles. The Morgan fingerprint density at radius 1 is 1.50 bits per heavy atom. The van der Waals surface area contributed by atoms with Gasteiger partial charge >= 0.3 is 5.69 Å². The largest absolute Gasteiger partial charge is 0.390 e. The van der Waals surface area contributed by atoms with E-state index in [1.165, 1.54) is 0 Å². The molecule has 3 N–H and O–H groups in total. The van der Waals surface area contributed by atoms with E-state index in [-0.39, 0.29) is 16.1 Å². The van der Waals surface area contributed by atoms with Crippen LogP contribution >= 0.6 is 24.4 Å². The Hall–Kier alpha value is -2.35. The summed E-state index contributed by atoms with van der Waals surface area (Å²) in [5.74, 6) is 0. The van der Waals surface area contributed by atoms with E-state index in [1.54, 1.807) is 23.6 Å². The van der Waals surface area contributed by atoms with Crippen molar-refractivity contribution in [3.63, 3.8) is 0 Å². The van der Waals surface area contributed by atoms with E-state index in [4.69, 9.17) is 24.4 Å². The van der Waals surface area contributed by atoms with Crippen molar-refractivity contribution in [1.29, 1.82) is 5.26 Å². The predicted octanol–water partition coefficient (Wildman–Crippen LogP) is 1.52. The highest BCUT2D eigenvalue weighted by Gasteiger charge is 2.15. The molecule has 1 atom stereocenters. The van der Waals surface area contributed by atoms with Crippen molar-refractivity contribution in [2.45, 2.75) is 33.0 Å². The van der Waals surface area contributed by atoms with Gasteiger partial charge in [-0.05, 0) is 50.4 Å². The monoisotopic (exact) mass is 364 g/mol. The minimum absolute atomic E-state index is 0.218. The third-order valence-electron chi connectivity index (χ3n) is 3.40. The van der Waals surface area contributed by atoms with Gasteiger partial charge in [0.25, 0.3) is 0 Å². The zero-order chi connectivity index (χ0) is 17.9. The molecule has 0 radical (unpaired) electrons. The maximum absolute atomic E-state index is 12.1. The zero-order valence-corrected chi connectivity index (χ0v) is 14.7.